The van der Waals surface area contributed by atoms with Crippen LogP contribution in [0.1, 0.15) is 5.56 Å². The van der Waals surface area contributed by atoms with Gasteiger partial charge in [-0.25, -0.2) is 13.8 Å². The van der Waals surface area contributed by atoms with Crippen LogP contribution in [0.15, 0.2) is 42.5 Å². The lowest BCUT2D eigenvalue weighted by Crippen LogP contribution is -2.01. The normalized spacial score (nSPS) is 10.3. The van der Waals surface area contributed by atoms with E-state index in [0.717, 1.165) is 12.1 Å². The monoisotopic (exact) mass is 367 g/mol. The molecule has 2 aromatic carbocycles. The van der Waals surface area contributed by atoms with Gasteiger partial charge in [0.05, 0.1) is 19.9 Å². The van der Waals surface area contributed by atoms with Gasteiger partial charge < -0.3 is 15.2 Å². The molecule has 0 aliphatic rings. The number of aromatic nitrogens is 1. The summed E-state index contributed by atoms with van der Waals surface area (Å²) in [6.45, 7) is 0. The number of methoxy groups -OCH3 is 2. The number of nitrogens with zero attached hydrogens (tertiary/aromatic N) is 2. The summed E-state index contributed by atoms with van der Waals surface area (Å²) in [5, 5.41) is 9.41. The molecule has 0 saturated heterocycles. The van der Waals surface area contributed by atoms with Gasteiger partial charge in [0.2, 0.25) is 0 Å². The van der Waals surface area contributed by atoms with Crippen LogP contribution in [0.2, 0.25) is 0 Å². The van der Waals surface area contributed by atoms with Gasteiger partial charge in [-0.1, -0.05) is 0 Å². The molecule has 0 fully saturated rings. The number of nitriles is 1. The van der Waals surface area contributed by atoms with Crippen molar-refractivity contribution in [3.05, 3.63) is 59.7 Å². The Morgan fingerprint density at radius 1 is 0.963 bits per heavy atom. The van der Waals surface area contributed by atoms with E-state index in [-0.39, 0.29) is 22.5 Å². The number of rotatable bonds is 4. The quantitative estimate of drug-likeness (QED) is 0.749. The van der Waals surface area contributed by atoms with Crippen LogP contribution in [0, 0.1) is 23.0 Å². The number of nitrogen functional groups attached to an aromatic ring is 1. The Morgan fingerprint density at radius 2 is 1.70 bits per heavy atom. The molecule has 0 radical (unpaired) electrons. The molecule has 3 rings (SSSR count). The zero-order valence-electron chi connectivity index (χ0n) is 14.6. The summed E-state index contributed by atoms with van der Waals surface area (Å²) in [6.07, 6.45) is 0. The molecule has 0 unspecified atom stereocenters. The Balaban J connectivity index is 2.23. The zero-order chi connectivity index (χ0) is 19.6. The van der Waals surface area contributed by atoms with Crippen LogP contribution in [0.25, 0.3) is 22.4 Å². The molecule has 3 aromatic rings. The minimum absolute atomic E-state index is 0.0183. The number of hydrogen-bond acceptors (Lipinski definition) is 5. The van der Waals surface area contributed by atoms with E-state index >= 15 is 0 Å². The van der Waals surface area contributed by atoms with Crippen LogP contribution >= 0.6 is 0 Å². The minimum atomic E-state index is -0.796. The molecule has 0 spiro atoms. The maximum atomic E-state index is 14.3. The standard InChI is InChI=1S/C20H15F2N3O2/c1-26-18-6-3-11(7-19(18)27-2)17-9-14(15(10-23)20(24)25-17)13-5-4-12(21)8-16(13)22/h3-9H,1-2H3,(H2,24,25). The van der Waals surface area contributed by atoms with Crippen molar-refractivity contribution in [1.29, 1.82) is 5.26 Å². The maximum Gasteiger partial charge on any atom is 0.161 e. The second-order valence-electron chi connectivity index (χ2n) is 5.62. The zero-order valence-corrected chi connectivity index (χ0v) is 14.6. The number of ether oxygens (including phenoxy) is 2. The highest BCUT2D eigenvalue weighted by molar-refractivity contribution is 5.80. The van der Waals surface area contributed by atoms with Crippen molar-refractivity contribution in [2.75, 3.05) is 20.0 Å². The van der Waals surface area contributed by atoms with Gasteiger partial charge in [0.25, 0.3) is 0 Å². The van der Waals surface area contributed by atoms with Gasteiger partial charge in [-0.2, -0.15) is 5.26 Å². The van der Waals surface area contributed by atoms with E-state index in [0.29, 0.717) is 22.8 Å². The van der Waals surface area contributed by atoms with Crippen LogP contribution < -0.4 is 15.2 Å². The molecule has 27 heavy (non-hydrogen) atoms. The highest BCUT2D eigenvalue weighted by Gasteiger charge is 2.17. The minimum Gasteiger partial charge on any atom is -0.493 e. The van der Waals surface area contributed by atoms with Gasteiger partial charge in [0.15, 0.2) is 11.5 Å². The number of nitrogens with two attached hydrogens (primary N) is 1. The van der Waals surface area contributed by atoms with Crippen LogP contribution in [0.4, 0.5) is 14.6 Å². The number of anilines is 1. The third-order valence-electron chi connectivity index (χ3n) is 4.06. The molecule has 7 heteroatoms. The van der Waals surface area contributed by atoms with E-state index < -0.39 is 11.6 Å². The molecule has 136 valence electrons. The number of benzene rings is 2. The Hall–Kier alpha value is -3.66. The summed E-state index contributed by atoms with van der Waals surface area (Å²) < 4.78 is 38.0. The molecule has 0 bridgehead atoms. The number of pyridine rings is 1. The van der Waals surface area contributed by atoms with Crippen molar-refractivity contribution in [3.63, 3.8) is 0 Å². The van der Waals surface area contributed by atoms with Crippen molar-refractivity contribution in [1.82, 2.24) is 4.98 Å². The molecule has 0 aliphatic heterocycles. The summed E-state index contributed by atoms with van der Waals surface area (Å²) in [5.41, 5.74) is 7.27. The first kappa shape index (κ1) is 18.1. The summed E-state index contributed by atoms with van der Waals surface area (Å²) >= 11 is 0. The van der Waals surface area contributed by atoms with E-state index in [9.17, 15) is 14.0 Å². The van der Waals surface area contributed by atoms with Gasteiger partial charge >= 0.3 is 0 Å². The van der Waals surface area contributed by atoms with Crippen molar-refractivity contribution >= 4 is 5.82 Å². The lowest BCUT2D eigenvalue weighted by atomic mass is 9.98. The fraction of sp³-hybridized carbons (Fsp3) is 0.100. The van der Waals surface area contributed by atoms with E-state index in [4.69, 9.17) is 15.2 Å². The summed E-state index contributed by atoms with van der Waals surface area (Å²) in [5.74, 6) is -0.544. The van der Waals surface area contributed by atoms with Gasteiger partial charge in [-0.15, -0.1) is 0 Å². The van der Waals surface area contributed by atoms with Crippen LogP contribution in [0.5, 0.6) is 11.5 Å². The Labute approximate surface area is 154 Å². The average molecular weight is 367 g/mol. The first-order chi connectivity index (χ1) is 13.0. The molecule has 0 amide bonds. The molecule has 2 N–H and O–H groups in total. The lowest BCUT2D eigenvalue weighted by molar-refractivity contribution is 0.355. The fourth-order valence-corrected chi connectivity index (χ4v) is 2.75. The summed E-state index contributed by atoms with van der Waals surface area (Å²) in [7, 11) is 3.02. The largest absolute Gasteiger partial charge is 0.493 e. The average Bonchev–Trinajstić information content (AvgIpc) is 2.66. The van der Waals surface area contributed by atoms with E-state index in [2.05, 4.69) is 4.98 Å². The Kier molecular flexibility index (Phi) is 4.90. The third-order valence-corrected chi connectivity index (χ3v) is 4.06. The smallest absolute Gasteiger partial charge is 0.161 e. The van der Waals surface area contributed by atoms with Gasteiger partial charge in [-0.3, -0.25) is 0 Å². The second kappa shape index (κ2) is 7.30. The van der Waals surface area contributed by atoms with Crippen molar-refractivity contribution in [2.24, 2.45) is 0 Å². The molecular weight excluding hydrogens is 352 g/mol. The van der Waals surface area contributed by atoms with Crippen molar-refractivity contribution < 1.29 is 18.3 Å². The van der Waals surface area contributed by atoms with E-state index in [1.54, 1.807) is 18.2 Å². The van der Waals surface area contributed by atoms with E-state index in [1.807, 2.05) is 6.07 Å². The highest BCUT2D eigenvalue weighted by Crippen LogP contribution is 2.36. The Bertz CT molecular complexity index is 1060. The summed E-state index contributed by atoms with van der Waals surface area (Å²) in [4.78, 5) is 4.24. The molecule has 0 atom stereocenters. The van der Waals surface area contributed by atoms with Crippen LogP contribution in [-0.4, -0.2) is 19.2 Å². The fourth-order valence-electron chi connectivity index (χ4n) is 2.75. The van der Waals surface area contributed by atoms with Crippen LogP contribution in [-0.2, 0) is 0 Å². The molecule has 0 aliphatic carbocycles. The first-order valence-corrected chi connectivity index (χ1v) is 7.87. The Morgan fingerprint density at radius 3 is 2.33 bits per heavy atom. The van der Waals surface area contributed by atoms with E-state index in [1.165, 1.54) is 26.4 Å². The molecule has 0 saturated carbocycles. The third kappa shape index (κ3) is 3.37. The molecular formula is C20H15F2N3O2. The number of halogens is 2. The van der Waals surface area contributed by atoms with Gasteiger partial charge in [0, 0.05) is 22.8 Å². The van der Waals surface area contributed by atoms with Gasteiger partial charge in [0.1, 0.15) is 29.1 Å². The van der Waals surface area contributed by atoms with Crippen molar-refractivity contribution in [2.45, 2.75) is 0 Å². The highest BCUT2D eigenvalue weighted by atomic mass is 19.1. The SMILES string of the molecule is COc1ccc(-c2cc(-c3ccc(F)cc3F)c(C#N)c(N)n2)cc1OC. The predicted octanol–water partition coefficient (Wildman–Crippen LogP) is 4.16. The molecule has 1 heterocycles. The second-order valence-corrected chi connectivity index (χ2v) is 5.62. The molecule has 1 aromatic heterocycles. The lowest BCUT2D eigenvalue weighted by Gasteiger charge is -2.13. The number of hydrogen-bond donors (Lipinski definition) is 1. The maximum absolute atomic E-state index is 14.3. The van der Waals surface area contributed by atoms with Gasteiger partial charge in [-0.05, 0) is 36.4 Å². The van der Waals surface area contributed by atoms with Crippen LogP contribution in [0.3, 0.4) is 0 Å². The first-order valence-electron chi connectivity index (χ1n) is 7.87. The molecule has 5 nitrogen and oxygen atoms in total. The topological polar surface area (TPSA) is 81.2 Å². The predicted molar refractivity (Wildman–Crippen MR) is 97.3 cm³/mol. The summed E-state index contributed by atoms with van der Waals surface area (Å²) in [6, 6.07) is 11.7. The van der Waals surface area contributed by atoms with Crippen molar-refractivity contribution in [3.8, 4) is 40.0 Å².